The number of fused-ring (bicyclic) bond motifs is 6. The molecule has 6 rings (SSSR count). The molecule has 4 fully saturated rings. The molecular weight excluding hydrogens is 496 g/mol. The van der Waals surface area contributed by atoms with Gasteiger partial charge in [0.15, 0.2) is 0 Å². The van der Waals surface area contributed by atoms with Gasteiger partial charge in [-0.15, -0.1) is 0 Å². The first kappa shape index (κ1) is 26.9. The Balaban J connectivity index is 1.15. The summed E-state index contributed by atoms with van der Waals surface area (Å²) in [5, 5.41) is 41.9. The summed E-state index contributed by atoms with van der Waals surface area (Å²) in [5.74, 6) is -0.0506. The van der Waals surface area contributed by atoms with Crippen molar-refractivity contribution >= 4 is 17.3 Å². The van der Waals surface area contributed by atoms with E-state index < -0.39 is 5.60 Å². The number of anilines is 2. The fourth-order valence-corrected chi connectivity index (χ4v) is 6.82. The molecule has 0 spiro atoms. The quantitative estimate of drug-likeness (QED) is 0.217. The molecule has 5 heterocycles. The van der Waals surface area contributed by atoms with Gasteiger partial charge >= 0.3 is 0 Å². The number of amides is 1. The Labute approximate surface area is 231 Å². The van der Waals surface area contributed by atoms with Crippen LogP contribution in [0.2, 0.25) is 0 Å². The van der Waals surface area contributed by atoms with E-state index in [2.05, 4.69) is 67.6 Å². The minimum Gasteiger partial charge on any atom is -0.633 e. The molecule has 214 valence electrons. The smallest absolute Gasteiger partial charge is 0.244 e. The third-order valence-corrected chi connectivity index (χ3v) is 9.32. The molecule has 11 nitrogen and oxygen atoms in total. The maximum absolute atomic E-state index is 13.6. The van der Waals surface area contributed by atoms with E-state index in [0.29, 0.717) is 32.6 Å². The molecule has 0 radical (unpaired) electrons. The molecule has 0 aromatic heterocycles. The Morgan fingerprint density at radius 3 is 2.67 bits per heavy atom. The van der Waals surface area contributed by atoms with Crippen LogP contribution < -0.4 is 26.2 Å². The molecule has 6 unspecified atom stereocenters. The number of quaternary nitrogens is 1. The molecule has 5 N–H and O–H groups in total. The second kappa shape index (κ2) is 10.6. The van der Waals surface area contributed by atoms with Crippen LogP contribution in [0.4, 0.5) is 11.4 Å². The number of hydrogen-bond acceptors (Lipinski definition) is 9. The van der Waals surface area contributed by atoms with E-state index in [9.17, 15) is 15.1 Å². The number of piperazine rings is 1. The third-order valence-electron chi connectivity index (χ3n) is 9.32. The number of hydroxylamine groups is 3. The summed E-state index contributed by atoms with van der Waals surface area (Å²) in [7, 11) is 1.75. The highest BCUT2D eigenvalue weighted by molar-refractivity contribution is 5.82. The van der Waals surface area contributed by atoms with E-state index in [0.717, 1.165) is 50.1 Å². The van der Waals surface area contributed by atoms with Gasteiger partial charge in [-0.25, -0.2) is 0 Å². The van der Waals surface area contributed by atoms with Crippen LogP contribution in [0.5, 0.6) is 0 Å². The van der Waals surface area contributed by atoms with Crippen LogP contribution in [0.3, 0.4) is 0 Å². The van der Waals surface area contributed by atoms with Crippen LogP contribution in [0.15, 0.2) is 36.4 Å². The number of rotatable bonds is 3. The zero-order chi connectivity index (χ0) is 27.2. The van der Waals surface area contributed by atoms with Crippen molar-refractivity contribution in [1.82, 2.24) is 26.0 Å². The first-order valence-electron chi connectivity index (χ1n) is 14.6. The van der Waals surface area contributed by atoms with E-state index in [-0.39, 0.29) is 41.1 Å². The Hall–Kier alpha value is -2.25. The van der Waals surface area contributed by atoms with Gasteiger partial charge in [0.2, 0.25) is 5.91 Å². The van der Waals surface area contributed by atoms with Crippen LogP contribution >= 0.6 is 0 Å². The van der Waals surface area contributed by atoms with Gasteiger partial charge in [-0.1, -0.05) is 12.2 Å². The van der Waals surface area contributed by atoms with Crippen molar-refractivity contribution in [3.8, 4) is 0 Å². The lowest BCUT2D eigenvalue weighted by atomic mass is 9.85. The van der Waals surface area contributed by atoms with E-state index in [1.165, 1.54) is 0 Å². The Morgan fingerprint density at radius 2 is 1.90 bits per heavy atom. The summed E-state index contributed by atoms with van der Waals surface area (Å²) in [4.78, 5) is 15.8. The van der Waals surface area contributed by atoms with Crippen molar-refractivity contribution in [1.29, 1.82) is 0 Å². The van der Waals surface area contributed by atoms with Crippen LogP contribution in [0, 0.1) is 11.1 Å². The zero-order valence-electron chi connectivity index (χ0n) is 23.2. The van der Waals surface area contributed by atoms with Gasteiger partial charge < -0.3 is 25.2 Å². The van der Waals surface area contributed by atoms with E-state index >= 15 is 0 Å². The van der Waals surface area contributed by atoms with Crippen LogP contribution in [-0.2, 0) is 4.79 Å². The fourth-order valence-electron chi connectivity index (χ4n) is 6.82. The molecule has 0 saturated carbocycles. The topological polar surface area (TPSA) is 118 Å². The summed E-state index contributed by atoms with van der Waals surface area (Å²) in [6, 6.07) is 8.35. The highest BCUT2D eigenvalue weighted by Gasteiger charge is 2.52. The van der Waals surface area contributed by atoms with Crippen LogP contribution in [0.25, 0.3) is 0 Å². The molecule has 11 heteroatoms. The SMILES string of the molecule is CC1(O)CC/C=C\CN2C(=O)C3CNC(Nc4ccc(N5CC[N+](C)([O-])CC5)cc4)NC3N2C2CCCC1N2. The predicted octanol–water partition coefficient (Wildman–Crippen LogP) is 0.910. The average molecular weight is 541 g/mol. The predicted molar refractivity (Wildman–Crippen MR) is 151 cm³/mol. The molecule has 0 aliphatic carbocycles. The Morgan fingerprint density at radius 1 is 1.13 bits per heavy atom. The van der Waals surface area contributed by atoms with Gasteiger partial charge in [-0.3, -0.25) is 25.8 Å². The largest absolute Gasteiger partial charge is 0.633 e. The molecule has 1 amide bonds. The number of carbonyl (C=O) groups excluding carboxylic acids is 1. The number of nitrogens with one attached hydrogen (secondary N) is 4. The first-order valence-corrected chi connectivity index (χ1v) is 14.6. The molecule has 4 saturated heterocycles. The molecule has 5 aliphatic heterocycles. The van der Waals surface area contributed by atoms with Crippen molar-refractivity contribution in [3.63, 3.8) is 0 Å². The molecule has 1 aromatic rings. The second-order valence-electron chi connectivity index (χ2n) is 12.3. The fraction of sp³-hybridized carbons (Fsp3) is 0.679. The average Bonchev–Trinajstić information content (AvgIpc) is 3.19. The second-order valence-corrected chi connectivity index (χ2v) is 12.3. The number of aliphatic hydroxyl groups is 1. The van der Waals surface area contributed by atoms with Gasteiger partial charge in [0.25, 0.3) is 0 Å². The monoisotopic (exact) mass is 540 g/mol. The number of piperidine rings is 1. The molecule has 5 aliphatic rings. The van der Waals surface area contributed by atoms with E-state index in [1.54, 1.807) is 7.05 Å². The highest BCUT2D eigenvalue weighted by Crippen LogP contribution is 2.34. The van der Waals surface area contributed by atoms with Gasteiger partial charge in [0, 0.05) is 24.0 Å². The maximum atomic E-state index is 13.6. The molecule has 39 heavy (non-hydrogen) atoms. The number of nitrogens with zero attached hydrogens (tertiary/aromatic N) is 4. The summed E-state index contributed by atoms with van der Waals surface area (Å²) >= 11 is 0. The van der Waals surface area contributed by atoms with Crippen molar-refractivity contribution in [2.75, 3.05) is 56.5 Å². The Bertz CT molecular complexity index is 1050. The highest BCUT2D eigenvalue weighted by atomic mass is 16.5. The molecule has 2 bridgehead atoms. The van der Waals surface area contributed by atoms with Crippen LogP contribution in [-0.4, -0.2) is 102 Å². The number of hydrogen-bond donors (Lipinski definition) is 5. The van der Waals surface area contributed by atoms with Gasteiger partial charge in [0.05, 0.1) is 63.6 Å². The van der Waals surface area contributed by atoms with Gasteiger partial charge in [-0.2, -0.15) is 5.01 Å². The van der Waals surface area contributed by atoms with Gasteiger partial charge in [-0.05, 0) is 63.3 Å². The van der Waals surface area contributed by atoms with Crippen molar-refractivity contribution in [2.45, 2.75) is 69.3 Å². The van der Waals surface area contributed by atoms with Crippen molar-refractivity contribution < 1.29 is 14.5 Å². The van der Waals surface area contributed by atoms with E-state index in [4.69, 9.17) is 0 Å². The molecular formula is C28H44N8O3. The number of carbonyl (C=O) groups is 1. The minimum absolute atomic E-state index is 0.00543. The summed E-state index contributed by atoms with van der Waals surface area (Å²) in [6.07, 6.45) is 8.16. The normalized spacial score (nSPS) is 37.9. The summed E-state index contributed by atoms with van der Waals surface area (Å²) in [6.45, 7) is 5.80. The number of likely N-dealkylation sites (N-methyl/N-ethyl adjacent to an activating group) is 1. The zero-order valence-corrected chi connectivity index (χ0v) is 23.2. The maximum Gasteiger partial charge on any atom is 0.244 e. The molecule has 6 atom stereocenters. The van der Waals surface area contributed by atoms with E-state index in [1.807, 2.05) is 11.9 Å². The number of hydrazine groups is 1. The third kappa shape index (κ3) is 5.54. The number of benzene rings is 1. The summed E-state index contributed by atoms with van der Waals surface area (Å²) < 4.78 is -0.166. The lowest BCUT2D eigenvalue weighted by Crippen LogP contribution is -2.69. The van der Waals surface area contributed by atoms with Crippen LogP contribution in [0.1, 0.15) is 39.0 Å². The summed E-state index contributed by atoms with van der Waals surface area (Å²) in [5.41, 5.74) is 1.32. The first-order chi connectivity index (χ1) is 18.7. The Kier molecular flexibility index (Phi) is 7.34. The van der Waals surface area contributed by atoms with Gasteiger partial charge in [0.1, 0.15) is 6.29 Å². The number of allylic oxidation sites excluding steroid dienone is 1. The standard InChI is InChI=1S/C28H44N8O3/c1-28(38)13-4-3-5-14-34-26(37)22-19-29-27(32-25(22)35(34)24-8-6-7-23(28)31-24)30-20-9-11-21(12-10-20)33-15-17-36(2,39)18-16-33/h3,5,9-12,22-25,27,29-32,38H,4,6-8,13-19H2,1-2H3/b5-3-. The molecule has 1 aromatic carbocycles. The van der Waals surface area contributed by atoms with Crippen molar-refractivity contribution in [2.24, 2.45) is 5.92 Å². The minimum atomic E-state index is -0.791. The lowest BCUT2D eigenvalue weighted by Gasteiger charge is -2.47. The lowest BCUT2D eigenvalue weighted by molar-refractivity contribution is -0.861. The van der Waals surface area contributed by atoms with Crippen molar-refractivity contribution in [3.05, 3.63) is 41.6 Å².